The molecule has 0 saturated carbocycles. The summed E-state index contributed by atoms with van der Waals surface area (Å²) in [5.74, 6) is -0.572. The zero-order valence-corrected chi connectivity index (χ0v) is 15.5. The first-order chi connectivity index (χ1) is 12.4. The van der Waals surface area contributed by atoms with Crippen molar-refractivity contribution < 1.29 is 14.4 Å². The maximum absolute atomic E-state index is 12.5. The molecule has 3 amide bonds. The van der Waals surface area contributed by atoms with Crippen molar-refractivity contribution in [3.63, 3.8) is 0 Å². The van der Waals surface area contributed by atoms with E-state index in [0.29, 0.717) is 0 Å². The minimum Gasteiger partial charge on any atom is -0.326 e. The van der Waals surface area contributed by atoms with Gasteiger partial charge in [0.05, 0.1) is 6.54 Å². The molecular formula is C20H20N2O3S. The van der Waals surface area contributed by atoms with Gasteiger partial charge in [0.2, 0.25) is 11.8 Å². The van der Waals surface area contributed by atoms with Crippen LogP contribution in [0, 0.1) is 13.8 Å². The largest absolute Gasteiger partial charge is 0.326 e. The van der Waals surface area contributed by atoms with E-state index in [0.717, 1.165) is 34.1 Å². The van der Waals surface area contributed by atoms with Gasteiger partial charge in [0.25, 0.3) is 5.24 Å². The first-order valence-electron chi connectivity index (χ1n) is 8.37. The number of benzene rings is 2. The molecule has 0 spiro atoms. The molecule has 134 valence electrons. The Kier molecular flexibility index (Phi) is 5.42. The minimum absolute atomic E-state index is 0.0200. The van der Waals surface area contributed by atoms with Crippen molar-refractivity contribution in [2.24, 2.45) is 0 Å². The lowest BCUT2D eigenvalue weighted by atomic mass is 10.1. The third-order valence-corrected chi connectivity index (χ3v) is 5.29. The highest BCUT2D eigenvalue weighted by molar-refractivity contribution is 8.15. The summed E-state index contributed by atoms with van der Waals surface area (Å²) in [5.41, 5.74) is 3.69. The maximum atomic E-state index is 12.5. The first kappa shape index (κ1) is 18.2. The van der Waals surface area contributed by atoms with Gasteiger partial charge in [-0.1, -0.05) is 59.8 Å². The van der Waals surface area contributed by atoms with E-state index in [1.165, 1.54) is 4.90 Å². The third kappa shape index (κ3) is 4.14. The van der Waals surface area contributed by atoms with E-state index in [1.807, 2.05) is 62.4 Å². The molecular weight excluding hydrogens is 348 g/mol. The molecule has 0 bridgehead atoms. The summed E-state index contributed by atoms with van der Waals surface area (Å²) in [6, 6.07) is 15.1. The quantitative estimate of drug-likeness (QED) is 0.869. The molecule has 1 saturated heterocycles. The summed E-state index contributed by atoms with van der Waals surface area (Å²) in [7, 11) is 0. The number of hydrogen-bond acceptors (Lipinski definition) is 4. The molecule has 1 N–H and O–H groups in total. The fourth-order valence-corrected chi connectivity index (χ4v) is 3.85. The molecule has 1 aliphatic rings. The SMILES string of the molecule is Cc1ccc(NC(=O)C[C@@H]2SC(=O)N(Cc3ccccc3)C2=O)c(C)c1. The number of hydrogen-bond donors (Lipinski definition) is 1. The van der Waals surface area contributed by atoms with E-state index >= 15 is 0 Å². The Hall–Kier alpha value is -2.60. The fraction of sp³-hybridized carbons (Fsp3) is 0.250. The van der Waals surface area contributed by atoms with Crippen LogP contribution < -0.4 is 5.32 Å². The maximum Gasteiger partial charge on any atom is 0.289 e. The molecule has 5 nitrogen and oxygen atoms in total. The number of carbonyl (C=O) groups is 3. The molecule has 6 heteroatoms. The Morgan fingerprint density at radius 3 is 2.54 bits per heavy atom. The molecule has 0 aliphatic carbocycles. The zero-order valence-electron chi connectivity index (χ0n) is 14.7. The van der Waals surface area contributed by atoms with Crippen LogP contribution >= 0.6 is 11.8 Å². The lowest BCUT2D eigenvalue weighted by Crippen LogP contribution is -2.32. The second kappa shape index (κ2) is 7.74. The van der Waals surface area contributed by atoms with Gasteiger partial charge in [0.15, 0.2) is 0 Å². The molecule has 1 aliphatic heterocycles. The van der Waals surface area contributed by atoms with Gasteiger partial charge in [0, 0.05) is 12.1 Å². The number of rotatable bonds is 5. The smallest absolute Gasteiger partial charge is 0.289 e. The highest BCUT2D eigenvalue weighted by Gasteiger charge is 2.40. The van der Waals surface area contributed by atoms with E-state index in [1.54, 1.807) is 0 Å². The number of anilines is 1. The number of imide groups is 1. The molecule has 3 rings (SSSR count). The molecule has 2 aromatic rings. The Bertz CT molecular complexity index is 851. The summed E-state index contributed by atoms with van der Waals surface area (Å²) < 4.78 is 0. The van der Waals surface area contributed by atoms with Crippen molar-refractivity contribution in [1.82, 2.24) is 4.90 Å². The minimum atomic E-state index is -0.669. The Balaban J connectivity index is 1.62. The van der Waals surface area contributed by atoms with Crippen LogP contribution in [0.5, 0.6) is 0 Å². The van der Waals surface area contributed by atoms with Crippen LogP contribution in [0.4, 0.5) is 10.5 Å². The van der Waals surface area contributed by atoms with Crippen molar-refractivity contribution >= 4 is 34.5 Å². The normalized spacial score (nSPS) is 16.8. The molecule has 1 fully saturated rings. The number of amides is 3. The molecule has 0 radical (unpaired) electrons. The van der Waals surface area contributed by atoms with Crippen molar-refractivity contribution in [2.75, 3.05) is 5.32 Å². The molecule has 26 heavy (non-hydrogen) atoms. The average molecular weight is 368 g/mol. The summed E-state index contributed by atoms with van der Waals surface area (Å²) in [5, 5.41) is 1.86. The van der Waals surface area contributed by atoms with E-state index in [9.17, 15) is 14.4 Å². The second-order valence-electron chi connectivity index (χ2n) is 6.35. The van der Waals surface area contributed by atoms with Crippen LogP contribution in [0.2, 0.25) is 0 Å². The third-order valence-electron chi connectivity index (χ3n) is 4.22. The van der Waals surface area contributed by atoms with Gasteiger partial charge in [-0.15, -0.1) is 0 Å². The van der Waals surface area contributed by atoms with Crippen LogP contribution in [0.3, 0.4) is 0 Å². The van der Waals surface area contributed by atoms with Gasteiger partial charge in [0.1, 0.15) is 5.25 Å². The summed E-state index contributed by atoms with van der Waals surface area (Å²) in [4.78, 5) is 38.2. The van der Waals surface area contributed by atoms with E-state index in [-0.39, 0.29) is 30.0 Å². The van der Waals surface area contributed by atoms with Gasteiger partial charge in [-0.05, 0) is 31.0 Å². The standard InChI is InChI=1S/C20H20N2O3S/c1-13-8-9-16(14(2)10-13)21-18(23)11-17-19(24)22(20(25)26-17)12-15-6-4-3-5-7-15/h3-10,17H,11-12H2,1-2H3,(H,21,23)/t17-/m0/s1. The van der Waals surface area contributed by atoms with Gasteiger partial charge in [-0.3, -0.25) is 19.3 Å². The van der Waals surface area contributed by atoms with Gasteiger partial charge in [-0.2, -0.15) is 0 Å². The molecule has 1 heterocycles. The van der Waals surface area contributed by atoms with Crippen LogP contribution in [0.1, 0.15) is 23.1 Å². The lowest BCUT2D eigenvalue weighted by molar-refractivity contribution is -0.129. The average Bonchev–Trinajstić information content (AvgIpc) is 2.86. The van der Waals surface area contributed by atoms with E-state index < -0.39 is 5.25 Å². The molecule has 0 unspecified atom stereocenters. The molecule has 2 aromatic carbocycles. The highest BCUT2D eigenvalue weighted by Crippen LogP contribution is 2.31. The Morgan fingerprint density at radius 2 is 1.85 bits per heavy atom. The van der Waals surface area contributed by atoms with E-state index in [4.69, 9.17) is 0 Å². The van der Waals surface area contributed by atoms with Crippen molar-refractivity contribution in [3.05, 3.63) is 65.2 Å². The van der Waals surface area contributed by atoms with Crippen LogP contribution in [-0.4, -0.2) is 27.2 Å². The Labute approximate surface area is 156 Å². The number of carbonyl (C=O) groups excluding carboxylic acids is 3. The van der Waals surface area contributed by atoms with Gasteiger partial charge in [-0.25, -0.2) is 0 Å². The van der Waals surface area contributed by atoms with Crippen molar-refractivity contribution in [1.29, 1.82) is 0 Å². The number of aryl methyl sites for hydroxylation is 2. The fourth-order valence-electron chi connectivity index (χ4n) is 2.86. The zero-order chi connectivity index (χ0) is 18.7. The number of nitrogens with zero attached hydrogens (tertiary/aromatic N) is 1. The highest BCUT2D eigenvalue weighted by atomic mass is 32.2. The number of thioether (sulfide) groups is 1. The summed E-state index contributed by atoms with van der Waals surface area (Å²) in [6.07, 6.45) is -0.0200. The second-order valence-corrected chi connectivity index (χ2v) is 7.51. The van der Waals surface area contributed by atoms with Crippen LogP contribution in [0.25, 0.3) is 0 Å². The number of nitrogens with one attached hydrogen (secondary N) is 1. The van der Waals surface area contributed by atoms with Crippen LogP contribution in [0.15, 0.2) is 48.5 Å². The van der Waals surface area contributed by atoms with Crippen LogP contribution in [-0.2, 0) is 16.1 Å². The predicted octanol–water partition coefficient (Wildman–Crippen LogP) is 3.90. The molecule has 0 aromatic heterocycles. The van der Waals surface area contributed by atoms with Crippen molar-refractivity contribution in [2.45, 2.75) is 32.1 Å². The van der Waals surface area contributed by atoms with Gasteiger partial charge < -0.3 is 5.32 Å². The summed E-state index contributed by atoms with van der Waals surface area (Å²) >= 11 is 0.923. The van der Waals surface area contributed by atoms with E-state index in [2.05, 4.69) is 5.32 Å². The topological polar surface area (TPSA) is 66.5 Å². The monoisotopic (exact) mass is 368 g/mol. The first-order valence-corrected chi connectivity index (χ1v) is 9.25. The molecule has 1 atom stereocenters. The predicted molar refractivity (Wildman–Crippen MR) is 103 cm³/mol. The van der Waals surface area contributed by atoms with Gasteiger partial charge >= 0.3 is 0 Å². The Morgan fingerprint density at radius 1 is 1.12 bits per heavy atom. The lowest BCUT2D eigenvalue weighted by Gasteiger charge is -2.14. The summed E-state index contributed by atoms with van der Waals surface area (Å²) in [6.45, 7) is 4.14. The van der Waals surface area contributed by atoms with Crippen molar-refractivity contribution in [3.8, 4) is 0 Å².